The van der Waals surface area contributed by atoms with Crippen molar-refractivity contribution in [1.29, 1.82) is 0 Å². The van der Waals surface area contributed by atoms with Gasteiger partial charge < -0.3 is 10.2 Å². The Kier molecular flexibility index (Phi) is 7.08. The standard InChI is InChI=1S/C27H22ClN5O4S/c28-19-10-11-22-23(15-19)31-26(34)24(16-20-7-1-3-12-29-20)33(27(22)35)17-18-6-5-8-21(14-18)32-38(36,37)25-9-2-4-13-30-25/h1-15,24,32H,16-17H2,(H,31,34). The quantitative estimate of drug-likeness (QED) is 0.359. The molecule has 9 nitrogen and oxygen atoms in total. The van der Waals surface area contributed by atoms with E-state index >= 15 is 0 Å². The molecule has 1 aliphatic rings. The summed E-state index contributed by atoms with van der Waals surface area (Å²) in [5, 5.41) is 3.10. The molecule has 0 saturated carbocycles. The molecular weight excluding hydrogens is 526 g/mol. The second-order valence-electron chi connectivity index (χ2n) is 8.63. The number of sulfonamides is 1. The van der Waals surface area contributed by atoms with Crippen molar-refractivity contribution in [3.63, 3.8) is 0 Å². The molecular formula is C27H22ClN5O4S. The summed E-state index contributed by atoms with van der Waals surface area (Å²) in [6, 6.07) is 20.5. The van der Waals surface area contributed by atoms with Gasteiger partial charge in [-0.3, -0.25) is 19.3 Å². The number of rotatable bonds is 7. The highest BCUT2D eigenvalue weighted by Crippen LogP contribution is 2.29. The minimum Gasteiger partial charge on any atom is -0.323 e. The first kappa shape index (κ1) is 25.4. The van der Waals surface area contributed by atoms with Crippen LogP contribution in [0, 0.1) is 0 Å². The van der Waals surface area contributed by atoms with Crippen molar-refractivity contribution in [2.24, 2.45) is 0 Å². The zero-order valence-corrected chi connectivity index (χ0v) is 21.5. The fourth-order valence-electron chi connectivity index (χ4n) is 4.21. The fourth-order valence-corrected chi connectivity index (χ4v) is 5.38. The lowest BCUT2D eigenvalue weighted by atomic mass is 10.1. The second-order valence-corrected chi connectivity index (χ2v) is 10.7. The molecule has 0 radical (unpaired) electrons. The third kappa shape index (κ3) is 5.51. The first-order chi connectivity index (χ1) is 18.3. The molecule has 11 heteroatoms. The van der Waals surface area contributed by atoms with E-state index in [9.17, 15) is 18.0 Å². The van der Waals surface area contributed by atoms with E-state index in [-0.39, 0.29) is 29.8 Å². The van der Waals surface area contributed by atoms with Gasteiger partial charge in [-0.2, -0.15) is 8.42 Å². The van der Waals surface area contributed by atoms with Crippen LogP contribution in [0.5, 0.6) is 0 Å². The lowest BCUT2D eigenvalue weighted by Gasteiger charge is -2.29. The van der Waals surface area contributed by atoms with Crippen LogP contribution >= 0.6 is 11.6 Å². The van der Waals surface area contributed by atoms with Crippen LogP contribution in [0.3, 0.4) is 0 Å². The Balaban J connectivity index is 1.48. The van der Waals surface area contributed by atoms with Crippen LogP contribution in [-0.4, -0.2) is 41.1 Å². The number of aromatic nitrogens is 2. The van der Waals surface area contributed by atoms with Gasteiger partial charge in [0, 0.05) is 41.8 Å². The topological polar surface area (TPSA) is 121 Å². The van der Waals surface area contributed by atoms with Gasteiger partial charge >= 0.3 is 0 Å². The van der Waals surface area contributed by atoms with Crippen molar-refractivity contribution in [2.75, 3.05) is 10.0 Å². The first-order valence-corrected chi connectivity index (χ1v) is 13.5. The third-order valence-electron chi connectivity index (χ3n) is 5.98. The number of amides is 2. The number of pyridine rings is 2. The largest absolute Gasteiger partial charge is 0.323 e. The number of nitrogens with zero attached hydrogens (tertiary/aromatic N) is 3. The molecule has 3 heterocycles. The van der Waals surface area contributed by atoms with Gasteiger partial charge in [0.25, 0.3) is 15.9 Å². The van der Waals surface area contributed by atoms with E-state index in [1.807, 2.05) is 6.07 Å². The molecule has 0 fully saturated rings. The number of carbonyl (C=O) groups excluding carboxylic acids is 2. The average molecular weight is 548 g/mol. The Labute approximate surface area is 224 Å². The summed E-state index contributed by atoms with van der Waals surface area (Å²) in [6.07, 6.45) is 3.21. The van der Waals surface area contributed by atoms with Crippen molar-refractivity contribution < 1.29 is 18.0 Å². The summed E-state index contributed by atoms with van der Waals surface area (Å²) in [5.41, 5.74) is 2.20. The van der Waals surface area contributed by atoms with Gasteiger partial charge in [-0.05, 0) is 60.2 Å². The summed E-state index contributed by atoms with van der Waals surface area (Å²) in [6.45, 7) is 0.0466. The zero-order chi connectivity index (χ0) is 26.7. The summed E-state index contributed by atoms with van der Waals surface area (Å²) in [5.74, 6) is -0.743. The molecule has 0 spiro atoms. The summed E-state index contributed by atoms with van der Waals surface area (Å²) in [7, 11) is -3.91. The highest BCUT2D eigenvalue weighted by Gasteiger charge is 2.36. The Morgan fingerprint density at radius 1 is 0.921 bits per heavy atom. The third-order valence-corrected chi connectivity index (χ3v) is 7.52. The lowest BCUT2D eigenvalue weighted by Crippen LogP contribution is -2.46. The average Bonchev–Trinajstić information content (AvgIpc) is 2.99. The molecule has 38 heavy (non-hydrogen) atoms. The van der Waals surface area contributed by atoms with Crippen LogP contribution in [-0.2, 0) is 27.8 Å². The van der Waals surface area contributed by atoms with Gasteiger partial charge in [-0.1, -0.05) is 35.9 Å². The smallest absolute Gasteiger partial charge is 0.279 e. The maximum absolute atomic E-state index is 13.7. The van der Waals surface area contributed by atoms with E-state index in [2.05, 4.69) is 20.0 Å². The van der Waals surface area contributed by atoms with E-state index in [4.69, 9.17) is 11.6 Å². The van der Waals surface area contributed by atoms with Crippen molar-refractivity contribution in [1.82, 2.24) is 14.9 Å². The fraction of sp³-hybridized carbons (Fsp3) is 0.111. The molecule has 2 aromatic carbocycles. The Hall–Kier alpha value is -4.28. The molecule has 2 aromatic heterocycles. The van der Waals surface area contributed by atoms with Gasteiger partial charge in [0.1, 0.15) is 6.04 Å². The molecule has 2 amide bonds. The number of fused-ring (bicyclic) bond motifs is 1. The molecule has 5 rings (SSSR count). The minimum atomic E-state index is -3.91. The van der Waals surface area contributed by atoms with Crippen LogP contribution in [0.25, 0.3) is 0 Å². The van der Waals surface area contributed by atoms with Crippen molar-refractivity contribution in [2.45, 2.75) is 24.0 Å². The highest BCUT2D eigenvalue weighted by molar-refractivity contribution is 7.92. The van der Waals surface area contributed by atoms with Gasteiger partial charge in [0.05, 0.1) is 11.3 Å². The molecule has 1 unspecified atom stereocenters. The van der Waals surface area contributed by atoms with Crippen LogP contribution in [0.1, 0.15) is 21.6 Å². The molecule has 0 saturated heterocycles. The molecule has 2 N–H and O–H groups in total. The molecule has 1 atom stereocenters. The number of benzene rings is 2. The number of anilines is 2. The van der Waals surface area contributed by atoms with Gasteiger partial charge in [0.2, 0.25) is 5.91 Å². The van der Waals surface area contributed by atoms with E-state index < -0.39 is 16.1 Å². The molecule has 0 aliphatic carbocycles. The van der Waals surface area contributed by atoms with E-state index in [1.165, 1.54) is 17.2 Å². The van der Waals surface area contributed by atoms with Crippen LogP contribution in [0.2, 0.25) is 5.02 Å². The number of hydrogen-bond donors (Lipinski definition) is 2. The first-order valence-electron chi connectivity index (χ1n) is 11.6. The summed E-state index contributed by atoms with van der Waals surface area (Å²) in [4.78, 5) is 36.8. The normalized spacial score (nSPS) is 15.4. The number of hydrogen-bond acceptors (Lipinski definition) is 6. The predicted octanol–water partition coefficient (Wildman–Crippen LogP) is 4.14. The van der Waals surface area contributed by atoms with E-state index in [0.717, 1.165) is 0 Å². The number of halogens is 1. The number of nitrogens with one attached hydrogen (secondary N) is 2. The molecule has 192 valence electrons. The predicted molar refractivity (Wildman–Crippen MR) is 143 cm³/mol. The second kappa shape index (κ2) is 10.6. The summed E-state index contributed by atoms with van der Waals surface area (Å²) < 4.78 is 28.0. The lowest BCUT2D eigenvalue weighted by molar-refractivity contribution is -0.120. The number of carbonyl (C=O) groups is 2. The zero-order valence-electron chi connectivity index (χ0n) is 19.9. The van der Waals surface area contributed by atoms with Crippen molar-refractivity contribution in [3.8, 4) is 0 Å². The van der Waals surface area contributed by atoms with Crippen LogP contribution < -0.4 is 10.0 Å². The van der Waals surface area contributed by atoms with Gasteiger partial charge in [0.15, 0.2) is 5.03 Å². The monoisotopic (exact) mass is 547 g/mol. The van der Waals surface area contributed by atoms with Crippen LogP contribution in [0.4, 0.5) is 11.4 Å². The molecule has 4 aromatic rings. The molecule has 0 bridgehead atoms. The summed E-state index contributed by atoms with van der Waals surface area (Å²) >= 11 is 6.13. The highest BCUT2D eigenvalue weighted by atomic mass is 35.5. The maximum Gasteiger partial charge on any atom is 0.279 e. The Morgan fingerprint density at radius 3 is 2.45 bits per heavy atom. The van der Waals surface area contributed by atoms with E-state index in [1.54, 1.807) is 72.9 Å². The van der Waals surface area contributed by atoms with E-state index in [0.29, 0.717) is 33.2 Å². The Morgan fingerprint density at radius 2 is 1.71 bits per heavy atom. The Bertz CT molecular complexity index is 1600. The van der Waals surface area contributed by atoms with Crippen molar-refractivity contribution >= 4 is 44.8 Å². The van der Waals surface area contributed by atoms with Crippen molar-refractivity contribution in [3.05, 3.63) is 113 Å². The SMILES string of the molecule is O=C1Nc2cc(Cl)ccc2C(=O)N(Cc2cccc(NS(=O)(=O)c3ccccn3)c2)C1Cc1ccccn1. The minimum absolute atomic E-state index is 0.0466. The van der Waals surface area contributed by atoms with Gasteiger partial charge in [-0.25, -0.2) is 4.98 Å². The maximum atomic E-state index is 13.7. The van der Waals surface area contributed by atoms with Crippen LogP contribution in [0.15, 0.2) is 96.3 Å². The van der Waals surface area contributed by atoms with Gasteiger partial charge in [-0.15, -0.1) is 0 Å². The molecule has 1 aliphatic heterocycles.